The molecule has 1 aromatic heterocycles. The van der Waals surface area contributed by atoms with E-state index >= 15 is 0 Å². The first kappa shape index (κ1) is 15.7. The number of nitrogens with two attached hydrogens (primary N) is 1. The average molecular weight is 265 g/mol. The molecule has 0 aliphatic heterocycles. The first-order chi connectivity index (χ1) is 8.74. The molecule has 108 valence electrons. The highest BCUT2D eigenvalue weighted by atomic mass is 15.3. The van der Waals surface area contributed by atoms with E-state index in [1.165, 1.54) is 0 Å². The molecular weight excluding hydrogens is 238 g/mol. The minimum absolute atomic E-state index is 0.0409. The molecule has 0 saturated carbocycles. The molecule has 0 atom stereocenters. The van der Waals surface area contributed by atoms with Crippen LogP contribution in [0.25, 0.3) is 0 Å². The van der Waals surface area contributed by atoms with Crippen molar-refractivity contribution in [3.63, 3.8) is 0 Å². The highest BCUT2D eigenvalue weighted by Crippen LogP contribution is 2.30. The summed E-state index contributed by atoms with van der Waals surface area (Å²) in [6.07, 6.45) is 1.04. The molecule has 19 heavy (non-hydrogen) atoms. The molecule has 1 aromatic rings. The average Bonchev–Trinajstić information content (AvgIpc) is 2.37. The van der Waals surface area contributed by atoms with E-state index in [4.69, 9.17) is 10.8 Å². The third-order valence-electron chi connectivity index (χ3n) is 3.88. The van der Waals surface area contributed by atoms with Crippen molar-refractivity contribution in [1.29, 1.82) is 0 Å². The molecule has 0 unspecified atom stereocenters. The van der Waals surface area contributed by atoms with Gasteiger partial charge in [0, 0.05) is 24.1 Å². The van der Waals surface area contributed by atoms with Crippen LogP contribution >= 0.6 is 0 Å². The van der Waals surface area contributed by atoms with Gasteiger partial charge < -0.3 is 10.3 Å². The fraction of sp³-hybridized carbons (Fsp3) is 0.714. The molecule has 0 amide bonds. The van der Waals surface area contributed by atoms with Gasteiger partial charge in [-0.05, 0) is 27.2 Å². The molecule has 0 saturated heterocycles. The summed E-state index contributed by atoms with van der Waals surface area (Å²) in [6, 6.07) is 0. The first-order valence-corrected chi connectivity index (χ1v) is 6.83. The summed E-state index contributed by atoms with van der Waals surface area (Å²) >= 11 is 0. The fourth-order valence-corrected chi connectivity index (χ4v) is 1.77. The van der Waals surface area contributed by atoms with Gasteiger partial charge in [0.1, 0.15) is 17.5 Å². The zero-order valence-electron chi connectivity index (χ0n) is 13.2. The van der Waals surface area contributed by atoms with Gasteiger partial charge in [-0.15, -0.1) is 0 Å². The van der Waals surface area contributed by atoms with E-state index < -0.39 is 0 Å². The Hall–Kier alpha value is -1.36. The van der Waals surface area contributed by atoms with Crippen LogP contribution in [0.3, 0.4) is 0 Å². The third kappa shape index (κ3) is 3.15. The first-order valence-electron chi connectivity index (χ1n) is 6.83. The maximum absolute atomic E-state index is 5.57. The summed E-state index contributed by atoms with van der Waals surface area (Å²) in [7, 11) is 2.07. The van der Waals surface area contributed by atoms with E-state index in [2.05, 4.69) is 57.0 Å². The molecule has 0 aromatic carbocycles. The summed E-state index contributed by atoms with van der Waals surface area (Å²) in [5, 5.41) is 0. The fourth-order valence-electron chi connectivity index (χ4n) is 1.77. The lowest BCUT2D eigenvalue weighted by atomic mass is 9.99. The molecule has 1 rings (SSSR count). The maximum atomic E-state index is 5.57. The Morgan fingerprint density at radius 3 is 2.32 bits per heavy atom. The van der Waals surface area contributed by atoms with Crippen LogP contribution in [0.15, 0.2) is 0 Å². The van der Waals surface area contributed by atoms with Crippen molar-refractivity contribution in [2.24, 2.45) is 5.84 Å². The molecular formula is C14H27N5. The second-order valence-electron chi connectivity index (χ2n) is 5.90. The van der Waals surface area contributed by atoms with Gasteiger partial charge in [0.15, 0.2) is 0 Å². The highest BCUT2D eigenvalue weighted by molar-refractivity contribution is 5.59. The number of hydrogen-bond donors (Lipinski definition) is 2. The molecule has 0 fully saturated rings. The predicted molar refractivity (Wildman–Crippen MR) is 81.4 cm³/mol. The Morgan fingerprint density at radius 1 is 1.32 bits per heavy atom. The van der Waals surface area contributed by atoms with E-state index in [0.717, 1.165) is 23.6 Å². The number of nitrogen functional groups attached to an aromatic ring is 1. The van der Waals surface area contributed by atoms with E-state index in [0.29, 0.717) is 5.82 Å². The van der Waals surface area contributed by atoms with Crippen molar-refractivity contribution in [3.05, 3.63) is 11.4 Å². The monoisotopic (exact) mass is 265 g/mol. The smallest absolute Gasteiger partial charge is 0.148 e. The lowest BCUT2D eigenvalue weighted by Gasteiger charge is -2.37. The lowest BCUT2D eigenvalue weighted by Crippen LogP contribution is -2.41. The lowest BCUT2D eigenvalue weighted by molar-refractivity contribution is 0.465. The summed E-state index contributed by atoms with van der Waals surface area (Å²) in [6.45, 7) is 12.8. The Bertz CT molecular complexity index is 440. The van der Waals surface area contributed by atoms with E-state index in [-0.39, 0.29) is 11.5 Å². The van der Waals surface area contributed by atoms with E-state index in [1.54, 1.807) is 0 Å². The predicted octanol–water partition coefficient (Wildman–Crippen LogP) is 2.82. The number of anilines is 2. The van der Waals surface area contributed by atoms with Gasteiger partial charge in [0.05, 0.1) is 0 Å². The molecule has 5 heteroatoms. The zero-order chi connectivity index (χ0) is 14.8. The van der Waals surface area contributed by atoms with E-state index in [9.17, 15) is 0 Å². The Morgan fingerprint density at radius 2 is 1.89 bits per heavy atom. The van der Waals surface area contributed by atoms with Gasteiger partial charge in [0.25, 0.3) is 0 Å². The van der Waals surface area contributed by atoms with Crippen LogP contribution in [0.2, 0.25) is 0 Å². The quantitative estimate of drug-likeness (QED) is 0.633. The second kappa shape index (κ2) is 5.74. The largest absolute Gasteiger partial charge is 0.354 e. The van der Waals surface area contributed by atoms with Crippen LogP contribution in [0.5, 0.6) is 0 Å². The minimum Gasteiger partial charge on any atom is -0.354 e. The number of rotatable bonds is 5. The van der Waals surface area contributed by atoms with Crippen LogP contribution < -0.4 is 16.2 Å². The van der Waals surface area contributed by atoms with Crippen LogP contribution in [-0.2, 0) is 0 Å². The van der Waals surface area contributed by atoms with Crippen molar-refractivity contribution in [2.45, 2.75) is 59.4 Å². The van der Waals surface area contributed by atoms with Crippen LogP contribution in [0.1, 0.15) is 58.3 Å². The number of hydrogen-bond acceptors (Lipinski definition) is 5. The summed E-state index contributed by atoms with van der Waals surface area (Å²) < 4.78 is 0. The third-order valence-corrected chi connectivity index (χ3v) is 3.88. The van der Waals surface area contributed by atoms with Gasteiger partial charge >= 0.3 is 0 Å². The van der Waals surface area contributed by atoms with Crippen LogP contribution in [0.4, 0.5) is 11.6 Å². The van der Waals surface area contributed by atoms with Gasteiger partial charge in [-0.25, -0.2) is 15.8 Å². The minimum atomic E-state index is 0.0409. The van der Waals surface area contributed by atoms with Gasteiger partial charge in [-0.1, -0.05) is 20.8 Å². The molecule has 0 aliphatic rings. The molecule has 1 heterocycles. The maximum Gasteiger partial charge on any atom is 0.148 e. The highest BCUT2D eigenvalue weighted by Gasteiger charge is 2.25. The van der Waals surface area contributed by atoms with E-state index in [1.807, 2.05) is 6.92 Å². The van der Waals surface area contributed by atoms with Crippen molar-refractivity contribution in [3.8, 4) is 0 Å². The molecule has 0 radical (unpaired) electrons. The number of nitrogens with one attached hydrogen (secondary N) is 1. The van der Waals surface area contributed by atoms with Gasteiger partial charge in [-0.3, -0.25) is 0 Å². The van der Waals surface area contributed by atoms with Crippen LogP contribution in [0, 0.1) is 6.92 Å². The SMILES string of the molecule is CCC(C)(C)N(C)c1nc(C(C)C)nc(NN)c1C. The molecule has 5 nitrogen and oxygen atoms in total. The molecule has 3 N–H and O–H groups in total. The summed E-state index contributed by atoms with van der Waals surface area (Å²) in [4.78, 5) is 11.4. The summed E-state index contributed by atoms with van der Waals surface area (Å²) in [5.41, 5.74) is 3.70. The standard InChI is InChI=1S/C14H27N5/c1-8-14(5,6)19(7)13-10(4)12(18-15)16-11(17-13)9(2)3/h9H,8,15H2,1-7H3,(H,16,17,18). The topological polar surface area (TPSA) is 67.1 Å². The molecule has 0 spiro atoms. The van der Waals surface area contributed by atoms with Crippen molar-refractivity contribution in [2.75, 3.05) is 17.4 Å². The molecule has 0 aliphatic carbocycles. The Kier molecular flexibility index (Phi) is 4.74. The number of nitrogens with zero attached hydrogens (tertiary/aromatic N) is 3. The number of aromatic nitrogens is 2. The van der Waals surface area contributed by atoms with Crippen molar-refractivity contribution in [1.82, 2.24) is 9.97 Å². The second-order valence-corrected chi connectivity index (χ2v) is 5.90. The summed E-state index contributed by atoms with van der Waals surface area (Å²) in [5.74, 6) is 8.30. The van der Waals surface area contributed by atoms with Crippen molar-refractivity contribution >= 4 is 11.6 Å². The Labute approximate surface area is 116 Å². The normalized spacial score (nSPS) is 11.8. The molecule has 0 bridgehead atoms. The van der Waals surface area contributed by atoms with Crippen LogP contribution in [-0.4, -0.2) is 22.6 Å². The Balaban J connectivity index is 3.37. The van der Waals surface area contributed by atoms with Gasteiger partial charge in [0.2, 0.25) is 0 Å². The zero-order valence-corrected chi connectivity index (χ0v) is 13.2. The van der Waals surface area contributed by atoms with Crippen molar-refractivity contribution < 1.29 is 0 Å². The number of hydrazine groups is 1. The van der Waals surface area contributed by atoms with Gasteiger partial charge in [-0.2, -0.15) is 0 Å².